The highest BCUT2D eigenvalue weighted by Crippen LogP contribution is 1.82. The highest BCUT2D eigenvalue weighted by molar-refractivity contribution is 5.73. The van der Waals surface area contributed by atoms with Crippen LogP contribution in [0.25, 0.3) is 0 Å². The number of hydrogen-bond acceptors (Lipinski definition) is 5. The summed E-state index contributed by atoms with van der Waals surface area (Å²) >= 11 is 0. The fourth-order valence-electron chi connectivity index (χ4n) is 1.46. The van der Waals surface area contributed by atoms with E-state index >= 15 is 0 Å². The van der Waals surface area contributed by atoms with Crippen molar-refractivity contribution in [1.29, 1.82) is 0 Å². The average molecular weight is 329 g/mol. The normalized spacial score (nSPS) is 9.74. The van der Waals surface area contributed by atoms with Crippen LogP contribution in [-0.4, -0.2) is 89.3 Å². The number of urea groups is 1. The average Bonchev–Trinajstić information content (AvgIpc) is 2.48. The van der Waals surface area contributed by atoms with Gasteiger partial charge in [0.05, 0.1) is 12.6 Å². The van der Waals surface area contributed by atoms with Crippen LogP contribution in [-0.2, 0) is 0 Å². The van der Waals surface area contributed by atoms with Crippen LogP contribution in [0.4, 0.5) is 4.79 Å². The summed E-state index contributed by atoms with van der Waals surface area (Å²) in [7, 11) is 8.16. The van der Waals surface area contributed by atoms with Crippen LogP contribution in [0.3, 0.4) is 0 Å². The molecule has 0 aromatic heterocycles. The summed E-state index contributed by atoms with van der Waals surface area (Å²) in [5.74, 6) is 0. The monoisotopic (exact) mass is 328 g/mol. The number of amides is 2. The molecule has 0 bridgehead atoms. The molecule has 0 rings (SSSR count). The van der Waals surface area contributed by atoms with Crippen LogP contribution >= 0.6 is 0 Å². The Bertz CT molecular complexity index is 325. The largest absolute Gasteiger partial charge is 0.338 e. The van der Waals surface area contributed by atoms with Gasteiger partial charge in [0.25, 0.3) is 0 Å². The van der Waals surface area contributed by atoms with Crippen molar-refractivity contribution in [3.05, 3.63) is 0 Å². The van der Waals surface area contributed by atoms with E-state index in [0.717, 1.165) is 45.6 Å². The van der Waals surface area contributed by atoms with Gasteiger partial charge in [-0.05, 0) is 68.0 Å². The van der Waals surface area contributed by atoms with Crippen molar-refractivity contribution >= 4 is 12.0 Å². The van der Waals surface area contributed by atoms with Gasteiger partial charge in [0, 0.05) is 19.6 Å². The minimum atomic E-state index is -0.0729. The first-order chi connectivity index (χ1) is 10.9. The molecular weight excluding hydrogens is 292 g/mol. The number of aliphatic imine (C=N–C) groups is 2. The summed E-state index contributed by atoms with van der Waals surface area (Å²) in [5, 5.41) is 5.43. The first kappa shape index (κ1) is 23.8. The molecule has 7 nitrogen and oxygen atoms in total. The summed E-state index contributed by atoms with van der Waals surface area (Å²) in [6.45, 7) is 8.99. The Morgan fingerprint density at radius 3 is 2.09 bits per heavy atom. The van der Waals surface area contributed by atoms with Gasteiger partial charge in [-0.15, -0.1) is 0 Å². The molecule has 0 fully saturated rings. The van der Waals surface area contributed by atoms with E-state index in [4.69, 9.17) is 0 Å². The highest BCUT2D eigenvalue weighted by atomic mass is 16.2. The van der Waals surface area contributed by atoms with E-state index in [0.29, 0.717) is 6.54 Å². The van der Waals surface area contributed by atoms with E-state index in [1.54, 1.807) is 0 Å². The zero-order valence-electron chi connectivity index (χ0n) is 15.9. The van der Waals surface area contributed by atoms with Gasteiger partial charge in [0.15, 0.2) is 0 Å². The molecule has 0 aromatic rings. The van der Waals surface area contributed by atoms with Gasteiger partial charge < -0.3 is 20.4 Å². The summed E-state index contributed by atoms with van der Waals surface area (Å²) in [4.78, 5) is 22.9. The van der Waals surface area contributed by atoms with Crippen LogP contribution in [0, 0.1) is 0 Å². The van der Waals surface area contributed by atoms with Crippen LogP contribution in [0.15, 0.2) is 9.98 Å². The second kappa shape index (κ2) is 18.6. The van der Waals surface area contributed by atoms with Crippen molar-refractivity contribution in [3.63, 3.8) is 0 Å². The summed E-state index contributed by atoms with van der Waals surface area (Å²) in [6, 6.07) is 2.57. The standard InChI is InChI=1S/C8H19N3O.C8H17N3/c1-4-9-8(12)10-6-5-7-11(2)3;1-4-9-8-10-6-5-7-11(2)3/h4-7H2,1-3H3,(H2,9,10,12);4-7H2,1-3H3. The zero-order valence-corrected chi connectivity index (χ0v) is 15.9. The first-order valence-electron chi connectivity index (χ1n) is 8.33. The highest BCUT2D eigenvalue weighted by Gasteiger charge is 1.95. The maximum Gasteiger partial charge on any atom is 0.314 e. The lowest BCUT2D eigenvalue weighted by atomic mass is 10.4. The molecule has 2 amide bonds. The van der Waals surface area contributed by atoms with E-state index in [1.807, 2.05) is 27.9 Å². The molecular formula is C16H36N6O. The fourth-order valence-corrected chi connectivity index (χ4v) is 1.46. The molecule has 136 valence electrons. The second-order valence-electron chi connectivity index (χ2n) is 5.56. The topological polar surface area (TPSA) is 72.3 Å². The quantitative estimate of drug-likeness (QED) is 0.470. The van der Waals surface area contributed by atoms with Crippen molar-refractivity contribution in [3.8, 4) is 0 Å². The molecule has 0 aliphatic heterocycles. The second-order valence-corrected chi connectivity index (χ2v) is 5.56. The van der Waals surface area contributed by atoms with E-state index in [9.17, 15) is 4.79 Å². The van der Waals surface area contributed by atoms with Crippen molar-refractivity contribution in [1.82, 2.24) is 20.4 Å². The molecule has 0 spiro atoms. The summed E-state index contributed by atoms with van der Waals surface area (Å²) in [5.41, 5.74) is 0. The number of carbonyl (C=O) groups excluding carboxylic acids is 1. The zero-order chi connectivity index (χ0) is 17.9. The maximum absolute atomic E-state index is 10.9. The van der Waals surface area contributed by atoms with Crippen LogP contribution in [0.2, 0.25) is 0 Å². The Labute approximate surface area is 142 Å². The van der Waals surface area contributed by atoms with Gasteiger partial charge in [0.1, 0.15) is 0 Å². The van der Waals surface area contributed by atoms with Gasteiger partial charge in [-0.25, -0.2) is 14.8 Å². The molecule has 0 aliphatic carbocycles. The Kier molecular flexibility index (Phi) is 19.3. The SMILES string of the molecule is CCN=C=NCCCN(C)C.CCNC(=O)NCCCN(C)C. The molecule has 23 heavy (non-hydrogen) atoms. The summed E-state index contributed by atoms with van der Waals surface area (Å²) < 4.78 is 0. The minimum absolute atomic E-state index is 0.0729. The molecule has 0 saturated carbocycles. The Morgan fingerprint density at radius 2 is 1.57 bits per heavy atom. The van der Waals surface area contributed by atoms with E-state index in [2.05, 4.69) is 50.5 Å². The Hall–Kier alpha value is -1.43. The van der Waals surface area contributed by atoms with Crippen molar-refractivity contribution < 1.29 is 4.79 Å². The Balaban J connectivity index is 0. The van der Waals surface area contributed by atoms with Gasteiger partial charge in [0.2, 0.25) is 0 Å². The lowest BCUT2D eigenvalue weighted by Gasteiger charge is -2.09. The molecule has 0 unspecified atom stereocenters. The maximum atomic E-state index is 10.9. The van der Waals surface area contributed by atoms with E-state index < -0.39 is 0 Å². The third-order valence-corrected chi connectivity index (χ3v) is 2.58. The lowest BCUT2D eigenvalue weighted by molar-refractivity contribution is 0.240. The number of nitrogens with zero attached hydrogens (tertiary/aromatic N) is 4. The van der Waals surface area contributed by atoms with Crippen molar-refractivity contribution in [2.24, 2.45) is 9.98 Å². The minimum Gasteiger partial charge on any atom is -0.338 e. The predicted molar refractivity (Wildman–Crippen MR) is 98.7 cm³/mol. The van der Waals surface area contributed by atoms with Gasteiger partial charge >= 0.3 is 6.03 Å². The molecule has 2 N–H and O–H groups in total. The summed E-state index contributed by atoms with van der Waals surface area (Å²) in [6.07, 6.45) is 2.07. The van der Waals surface area contributed by atoms with Gasteiger partial charge in [-0.1, -0.05) is 0 Å². The molecule has 0 aromatic carbocycles. The van der Waals surface area contributed by atoms with Crippen molar-refractivity contribution in [2.75, 3.05) is 67.5 Å². The smallest absolute Gasteiger partial charge is 0.314 e. The van der Waals surface area contributed by atoms with E-state index in [1.165, 1.54) is 0 Å². The fraction of sp³-hybridized carbons (Fsp3) is 0.875. The van der Waals surface area contributed by atoms with Crippen LogP contribution in [0.1, 0.15) is 26.7 Å². The molecule has 0 saturated heterocycles. The third-order valence-electron chi connectivity index (χ3n) is 2.58. The van der Waals surface area contributed by atoms with E-state index in [-0.39, 0.29) is 6.03 Å². The van der Waals surface area contributed by atoms with Gasteiger partial charge in [-0.2, -0.15) is 0 Å². The number of rotatable bonds is 10. The third kappa shape index (κ3) is 25.8. The van der Waals surface area contributed by atoms with Gasteiger partial charge in [-0.3, -0.25) is 0 Å². The first-order valence-corrected chi connectivity index (χ1v) is 8.33. The molecule has 0 radical (unpaired) electrons. The number of nitrogens with one attached hydrogen (secondary N) is 2. The molecule has 7 heteroatoms. The molecule has 0 heterocycles. The lowest BCUT2D eigenvalue weighted by Crippen LogP contribution is -2.36. The molecule has 0 atom stereocenters. The number of carbonyl (C=O) groups is 1. The Morgan fingerprint density at radius 1 is 0.957 bits per heavy atom. The van der Waals surface area contributed by atoms with Crippen LogP contribution in [0.5, 0.6) is 0 Å². The number of hydrogen-bond donors (Lipinski definition) is 2. The molecule has 0 aliphatic rings. The predicted octanol–water partition coefficient (Wildman–Crippen LogP) is 1.39. The van der Waals surface area contributed by atoms with Crippen molar-refractivity contribution in [2.45, 2.75) is 26.7 Å². The van der Waals surface area contributed by atoms with Crippen LogP contribution < -0.4 is 10.6 Å².